The molecular weight excluding hydrogens is 314 g/mol. The second-order valence-electron chi connectivity index (χ2n) is 5.17. The molecule has 2 aromatic rings. The van der Waals surface area contributed by atoms with Crippen LogP contribution in [0.1, 0.15) is 28.4 Å². The fraction of sp³-hybridized carbons (Fsp3) is 0.176. The summed E-state index contributed by atoms with van der Waals surface area (Å²) in [7, 11) is 0. The number of hydrogen-bond acceptors (Lipinski definition) is 5. The molecule has 0 aliphatic rings. The van der Waals surface area contributed by atoms with Gasteiger partial charge in [-0.1, -0.05) is 24.3 Å². The molecule has 0 bridgehead atoms. The SMILES string of the molecule is CC(=O)c1ccc(OCc2ccc(CC(=O)O)cc2)cc1[N+](=O)[O-]. The van der Waals surface area contributed by atoms with Crippen LogP contribution in [0.3, 0.4) is 0 Å². The van der Waals surface area contributed by atoms with E-state index < -0.39 is 10.9 Å². The summed E-state index contributed by atoms with van der Waals surface area (Å²) in [6, 6.07) is 10.9. The van der Waals surface area contributed by atoms with Crippen LogP contribution in [0.25, 0.3) is 0 Å². The first-order valence-corrected chi connectivity index (χ1v) is 7.08. The highest BCUT2D eigenvalue weighted by Gasteiger charge is 2.18. The number of nitrogens with zero attached hydrogens (tertiary/aromatic N) is 1. The average molecular weight is 329 g/mol. The molecule has 124 valence electrons. The van der Waals surface area contributed by atoms with E-state index in [0.29, 0.717) is 5.56 Å². The maximum absolute atomic E-state index is 11.4. The van der Waals surface area contributed by atoms with Gasteiger partial charge in [-0.2, -0.15) is 0 Å². The summed E-state index contributed by atoms with van der Waals surface area (Å²) in [6.45, 7) is 1.44. The quantitative estimate of drug-likeness (QED) is 0.475. The van der Waals surface area contributed by atoms with Crippen molar-refractivity contribution in [2.45, 2.75) is 20.0 Å². The molecule has 0 spiro atoms. The Morgan fingerprint density at radius 2 is 1.75 bits per heavy atom. The molecule has 0 heterocycles. The minimum absolute atomic E-state index is 0.0328. The Bertz CT molecular complexity index is 782. The van der Waals surface area contributed by atoms with Crippen molar-refractivity contribution < 1.29 is 24.4 Å². The number of carbonyl (C=O) groups excluding carboxylic acids is 1. The highest BCUT2D eigenvalue weighted by Crippen LogP contribution is 2.25. The van der Waals surface area contributed by atoms with Gasteiger partial charge in [-0.3, -0.25) is 19.7 Å². The Morgan fingerprint density at radius 3 is 2.29 bits per heavy atom. The molecule has 0 amide bonds. The number of rotatable bonds is 7. The van der Waals surface area contributed by atoms with Crippen LogP contribution in [0.2, 0.25) is 0 Å². The monoisotopic (exact) mass is 329 g/mol. The van der Waals surface area contributed by atoms with Gasteiger partial charge in [-0.25, -0.2) is 0 Å². The Labute approximate surface area is 137 Å². The van der Waals surface area contributed by atoms with Gasteiger partial charge >= 0.3 is 5.97 Å². The van der Waals surface area contributed by atoms with Crippen molar-refractivity contribution >= 4 is 17.4 Å². The fourth-order valence-corrected chi connectivity index (χ4v) is 2.14. The number of ether oxygens (including phenoxy) is 1. The lowest BCUT2D eigenvalue weighted by Gasteiger charge is -2.08. The van der Waals surface area contributed by atoms with E-state index in [0.717, 1.165) is 5.56 Å². The molecule has 0 saturated carbocycles. The molecule has 7 nitrogen and oxygen atoms in total. The lowest BCUT2D eigenvalue weighted by molar-refractivity contribution is -0.385. The first kappa shape index (κ1) is 17.1. The Kier molecular flexibility index (Phi) is 5.26. The summed E-state index contributed by atoms with van der Waals surface area (Å²) >= 11 is 0. The van der Waals surface area contributed by atoms with Gasteiger partial charge in [0.25, 0.3) is 5.69 Å². The maximum Gasteiger partial charge on any atom is 0.307 e. The number of carboxylic acid groups (broad SMARTS) is 1. The van der Waals surface area contributed by atoms with Crippen molar-refractivity contribution in [3.05, 3.63) is 69.3 Å². The number of benzene rings is 2. The number of nitro benzene ring substituents is 1. The molecule has 1 N–H and O–H groups in total. The van der Waals surface area contributed by atoms with Crippen molar-refractivity contribution in [3.8, 4) is 5.75 Å². The van der Waals surface area contributed by atoms with Crippen molar-refractivity contribution in [2.24, 2.45) is 0 Å². The van der Waals surface area contributed by atoms with Crippen LogP contribution in [0.5, 0.6) is 5.75 Å². The summed E-state index contributed by atoms with van der Waals surface area (Å²) in [5.74, 6) is -1.01. The van der Waals surface area contributed by atoms with Gasteiger partial charge in [0.2, 0.25) is 0 Å². The average Bonchev–Trinajstić information content (AvgIpc) is 2.53. The van der Waals surface area contributed by atoms with Gasteiger partial charge in [0.1, 0.15) is 12.4 Å². The van der Waals surface area contributed by atoms with Crippen molar-refractivity contribution in [3.63, 3.8) is 0 Å². The van der Waals surface area contributed by atoms with Crippen LogP contribution in [0.4, 0.5) is 5.69 Å². The number of Topliss-reactive ketones (excluding diaryl/α,β-unsaturated/α-hetero) is 1. The Morgan fingerprint density at radius 1 is 1.12 bits per heavy atom. The standard InChI is InChI=1S/C17H15NO6/c1-11(19)15-7-6-14(9-16(15)18(22)23)24-10-13-4-2-12(3-5-13)8-17(20)21/h2-7,9H,8,10H2,1H3,(H,20,21). The Balaban J connectivity index is 2.09. The molecule has 0 unspecified atom stereocenters. The maximum atomic E-state index is 11.4. The van der Waals surface area contributed by atoms with Crippen molar-refractivity contribution in [1.29, 1.82) is 0 Å². The molecule has 0 atom stereocenters. The summed E-state index contributed by atoms with van der Waals surface area (Å²) in [5, 5.41) is 19.7. The molecule has 0 aliphatic carbocycles. The molecule has 2 aromatic carbocycles. The smallest absolute Gasteiger partial charge is 0.307 e. The minimum atomic E-state index is -0.906. The van der Waals surface area contributed by atoms with Crippen LogP contribution in [0, 0.1) is 10.1 Å². The molecule has 0 radical (unpaired) electrons. The first-order valence-electron chi connectivity index (χ1n) is 7.08. The second kappa shape index (κ2) is 7.36. The first-order chi connectivity index (χ1) is 11.4. The number of hydrogen-bond donors (Lipinski definition) is 1. The summed E-state index contributed by atoms with van der Waals surface area (Å²) < 4.78 is 5.51. The Hall–Kier alpha value is -3.22. The third-order valence-electron chi connectivity index (χ3n) is 3.33. The van der Waals surface area contributed by atoms with Gasteiger partial charge in [0.15, 0.2) is 5.78 Å². The molecule has 24 heavy (non-hydrogen) atoms. The number of carboxylic acids is 1. The van der Waals surface area contributed by atoms with E-state index >= 15 is 0 Å². The topological polar surface area (TPSA) is 107 Å². The number of ketones is 1. The van der Waals surface area contributed by atoms with Crippen LogP contribution in [0.15, 0.2) is 42.5 Å². The van der Waals surface area contributed by atoms with Crippen LogP contribution in [-0.2, 0) is 17.8 Å². The lowest BCUT2D eigenvalue weighted by Crippen LogP contribution is -2.02. The predicted octanol–water partition coefficient (Wildman–Crippen LogP) is 3.00. The minimum Gasteiger partial charge on any atom is -0.489 e. The number of carbonyl (C=O) groups is 2. The van der Waals surface area contributed by atoms with E-state index in [1.54, 1.807) is 24.3 Å². The highest BCUT2D eigenvalue weighted by molar-refractivity contribution is 5.98. The van der Waals surface area contributed by atoms with Gasteiger partial charge in [-0.05, 0) is 30.2 Å². The highest BCUT2D eigenvalue weighted by atomic mass is 16.6. The molecule has 0 aliphatic heterocycles. The van der Waals surface area contributed by atoms with E-state index in [2.05, 4.69) is 0 Å². The fourth-order valence-electron chi connectivity index (χ4n) is 2.14. The van der Waals surface area contributed by atoms with Crippen molar-refractivity contribution in [2.75, 3.05) is 0 Å². The molecule has 0 aromatic heterocycles. The normalized spacial score (nSPS) is 10.2. The summed E-state index contributed by atoms with van der Waals surface area (Å²) in [6.07, 6.45) is -0.0557. The molecule has 0 saturated heterocycles. The van der Waals surface area contributed by atoms with E-state index in [1.165, 1.54) is 25.1 Å². The van der Waals surface area contributed by atoms with E-state index in [9.17, 15) is 19.7 Å². The number of nitro groups is 1. The third kappa shape index (κ3) is 4.39. The molecule has 0 fully saturated rings. The van der Waals surface area contributed by atoms with Gasteiger partial charge in [0.05, 0.1) is 23.0 Å². The van der Waals surface area contributed by atoms with Crippen molar-refractivity contribution in [1.82, 2.24) is 0 Å². The summed E-state index contributed by atoms with van der Waals surface area (Å²) in [5.41, 5.74) is 1.21. The predicted molar refractivity (Wildman–Crippen MR) is 85.2 cm³/mol. The van der Waals surface area contributed by atoms with E-state index in [1.807, 2.05) is 0 Å². The molecule has 2 rings (SSSR count). The largest absolute Gasteiger partial charge is 0.489 e. The zero-order valence-corrected chi connectivity index (χ0v) is 12.9. The molecular formula is C17H15NO6. The van der Waals surface area contributed by atoms with Gasteiger partial charge in [-0.15, -0.1) is 0 Å². The van der Waals surface area contributed by atoms with E-state index in [-0.39, 0.29) is 35.8 Å². The van der Waals surface area contributed by atoms with Gasteiger partial charge in [0, 0.05) is 0 Å². The summed E-state index contributed by atoms with van der Waals surface area (Å²) in [4.78, 5) is 32.4. The van der Waals surface area contributed by atoms with Crippen LogP contribution < -0.4 is 4.74 Å². The van der Waals surface area contributed by atoms with Crippen LogP contribution in [-0.4, -0.2) is 21.8 Å². The van der Waals surface area contributed by atoms with Crippen LogP contribution >= 0.6 is 0 Å². The third-order valence-corrected chi connectivity index (χ3v) is 3.33. The van der Waals surface area contributed by atoms with E-state index in [4.69, 9.17) is 9.84 Å². The second-order valence-corrected chi connectivity index (χ2v) is 5.17. The number of aliphatic carboxylic acids is 1. The zero-order chi connectivity index (χ0) is 17.7. The zero-order valence-electron chi connectivity index (χ0n) is 12.9. The van der Waals surface area contributed by atoms with Gasteiger partial charge < -0.3 is 9.84 Å². The lowest BCUT2D eigenvalue weighted by atomic mass is 10.1. The molecule has 7 heteroatoms.